The summed E-state index contributed by atoms with van der Waals surface area (Å²) >= 11 is 0. The first kappa shape index (κ1) is 13.7. The molecule has 6 heteroatoms. The van der Waals surface area contributed by atoms with E-state index in [-0.39, 0.29) is 6.54 Å². The Morgan fingerprint density at radius 2 is 1.80 bits per heavy atom. The van der Waals surface area contributed by atoms with E-state index in [1.165, 1.54) is 6.92 Å². The Bertz CT molecular complexity index is 259. The van der Waals surface area contributed by atoms with Crippen molar-refractivity contribution in [1.29, 1.82) is 0 Å². The smallest absolute Gasteiger partial charge is 0.408 e. The van der Waals surface area contributed by atoms with E-state index >= 15 is 0 Å². The second kappa shape index (κ2) is 4.48. The Morgan fingerprint density at radius 3 is 2.07 bits per heavy atom. The van der Waals surface area contributed by atoms with E-state index in [4.69, 9.17) is 15.6 Å². The minimum atomic E-state index is -1.50. The van der Waals surface area contributed by atoms with Crippen LogP contribution in [0.1, 0.15) is 27.7 Å². The molecule has 0 aromatic carbocycles. The Balaban J connectivity index is 4.45. The van der Waals surface area contributed by atoms with E-state index in [0.29, 0.717) is 0 Å². The van der Waals surface area contributed by atoms with Gasteiger partial charge in [0.25, 0.3) is 0 Å². The first-order valence-electron chi connectivity index (χ1n) is 4.55. The van der Waals surface area contributed by atoms with Crippen molar-refractivity contribution in [3.63, 3.8) is 0 Å². The van der Waals surface area contributed by atoms with E-state index in [9.17, 15) is 9.59 Å². The summed E-state index contributed by atoms with van der Waals surface area (Å²) < 4.78 is 4.92. The van der Waals surface area contributed by atoms with Gasteiger partial charge in [0, 0.05) is 6.54 Å². The minimum Gasteiger partial charge on any atom is -0.479 e. The number of nitrogens with one attached hydrogen (secondary N) is 1. The van der Waals surface area contributed by atoms with Gasteiger partial charge in [-0.25, -0.2) is 9.59 Å². The minimum absolute atomic E-state index is 0.207. The van der Waals surface area contributed by atoms with Gasteiger partial charge in [-0.2, -0.15) is 0 Å². The predicted octanol–water partition coefficient (Wildman–Crippen LogP) is 0.313. The monoisotopic (exact) mass is 218 g/mol. The van der Waals surface area contributed by atoms with Gasteiger partial charge in [0.2, 0.25) is 0 Å². The molecule has 0 bridgehead atoms. The summed E-state index contributed by atoms with van der Waals surface area (Å²) in [6.45, 7) is 6.17. The maximum absolute atomic E-state index is 11.3. The maximum atomic E-state index is 11.3. The summed E-state index contributed by atoms with van der Waals surface area (Å²) in [6, 6.07) is 0. The molecule has 0 aromatic heterocycles. The van der Waals surface area contributed by atoms with Crippen molar-refractivity contribution in [2.45, 2.75) is 38.8 Å². The molecule has 88 valence electrons. The topological polar surface area (TPSA) is 102 Å². The lowest BCUT2D eigenvalue weighted by atomic mass is 10.0. The highest BCUT2D eigenvalue weighted by Gasteiger charge is 2.34. The standard InChI is InChI=1S/C9H18N2O4/c1-8(2,3)15-7(14)11-9(4,5-10)6(12)13/h5,10H2,1-4H3,(H,11,14)(H,12,13)/t9-/m0/s1. The van der Waals surface area contributed by atoms with Gasteiger partial charge in [-0.1, -0.05) is 0 Å². The van der Waals surface area contributed by atoms with Gasteiger partial charge in [-0.3, -0.25) is 0 Å². The average Bonchev–Trinajstić information content (AvgIpc) is 1.99. The highest BCUT2D eigenvalue weighted by molar-refractivity contribution is 5.84. The number of nitrogens with two attached hydrogens (primary N) is 1. The van der Waals surface area contributed by atoms with Crippen LogP contribution in [0.25, 0.3) is 0 Å². The number of carbonyl (C=O) groups excluding carboxylic acids is 1. The number of carboxylic acid groups (broad SMARTS) is 1. The molecule has 1 amide bonds. The van der Waals surface area contributed by atoms with Crippen LogP contribution in [-0.4, -0.2) is 34.9 Å². The molecule has 6 nitrogen and oxygen atoms in total. The second-order valence-corrected chi connectivity index (χ2v) is 4.47. The fourth-order valence-corrected chi connectivity index (χ4v) is 0.721. The molecule has 0 saturated carbocycles. The largest absolute Gasteiger partial charge is 0.479 e. The molecule has 0 heterocycles. The maximum Gasteiger partial charge on any atom is 0.408 e. The summed E-state index contributed by atoms with van der Waals surface area (Å²) in [7, 11) is 0. The Morgan fingerprint density at radius 1 is 1.33 bits per heavy atom. The first-order chi connectivity index (χ1) is 6.60. The molecular weight excluding hydrogens is 200 g/mol. The molecule has 1 atom stereocenters. The van der Waals surface area contributed by atoms with Crippen LogP contribution in [0.3, 0.4) is 0 Å². The van der Waals surface area contributed by atoms with Gasteiger partial charge in [-0.05, 0) is 27.7 Å². The van der Waals surface area contributed by atoms with E-state index in [2.05, 4.69) is 5.32 Å². The van der Waals surface area contributed by atoms with Crippen LogP contribution in [0.4, 0.5) is 4.79 Å². The molecule has 0 saturated heterocycles. The third kappa shape index (κ3) is 4.64. The Kier molecular flexibility index (Phi) is 4.09. The summed E-state index contributed by atoms with van der Waals surface area (Å²) in [6.07, 6.45) is -0.794. The normalized spacial score (nSPS) is 15.3. The number of rotatable bonds is 3. The SMILES string of the molecule is CC(C)(C)OC(=O)N[C@@](C)(CN)C(=O)O. The van der Waals surface area contributed by atoms with Crippen molar-refractivity contribution in [2.24, 2.45) is 5.73 Å². The van der Waals surface area contributed by atoms with Crippen molar-refractivity contribution < 1.29 is 19.4 Å². The molecule has 0 spiro atoms. The van der Waals surface area contributed by atoms with Crippen molar-refractivity contribution in [3.8, 4) is 0 Å². The van der Waals surface area contributed by atoms with Crippen molar-refractivity contribution in [2.75, 3.05) is 6.54 Å². The molecule has 0 rings (SSSR count). The quantitative estimate of drug-likeness (QED) is 0.633. The van der Waals surface area contributed by atoms with Gasteiger partial charge in [-0.15, -0.1) is 0 Å². The Hall–Kier alpha value is -1.30. The number of aliphatic carboxylic acids is 1. The van der Waals surface area contributed by atoms with E-state index in [0.717, 1.165) is 0 Å². The summed E-state index contributed by atoms with van der Waals surface area (Å²) in [5.74, 6) is -1.20. The van der Waals surface area contributed by atoms with Crippen LogP contribution in [-0.2, 0) is 9.53 Å². The number of ether oxygens (including phenoxy) is 1. The zero-order chi connectivity index (χ0) is 12.3. The van der Waals surface area contributed by atoms with Crippen molar-refractivity contribution in [1.82, 2.24) is 5.32 Å². The zero-order valence-corrected chi connectivity index (χ0v) is 9.46. The fraction of sp³-hybridized carbons (Fsp3) is 0.778. The van der Waals surface area contributed by atoms with Gasteiger partial charge in [0.1, 0.15) is 11.1 Å². The molecular formula is C9H18N2O4. The van der Waals surface area contributed by atoms with E-state index in [1.807, 2.05) is 0 Å². The lowest BCUT2D eigenvalue weighted by Crippen LogP contribution is -2.57. The number of carboxylic acids is 1. The summed E-state index contributed by atoms with van der Waals surface area (Å²) in [5.41, 5.74) is 3.10. The lowest BCUT2D eigenvalue weighted by Gasteiger charge is -2.27. The number of hydrogen-bond acceptors (Lipinski definition) is 4. The number of hydrogen-bond donors (Lipinski definition) is 3. The molecule has 0 aliphatic heterocycles. The molecule has 4 N–H and O–H groups in total. The third-order valence-corrected chi connectivity index (χ3v) is 1.66. The molecule has 0 aliphatic carbocycles. The van der Waals surface area contributed by atoms with Gasteiger partial charge in [0.05, 0.1) is 0 Å². The number of amides is 1. The van der Waals surface area contributed by atoms with Crippen LogP contribution in [0, 0.1) is 0 Å². The molecule has 0 aromatic rings. The van der Waals surface area contributed by atoms with Crippen LogP contribution >= 0.6 is 0 Å². The highest BCUT2D eigenvalue weighted by Crippen LogP contribution is 2.09. The van der Waals surface area contributed by atoms with Crippen LogP contribution in [0.5, 0.6) is 0 Å². The van der Waals surface area contributed by atoms with Crippen LogP contribution in [0.2, 0.25) is 0 Å². The van der Waals surface area contributed by atoms with Crippen molar-refractivity contribution >= 4 is 12.1 Å². The molecule has 15 heavy (non-hydrogen) atoms. The van der Waals surface area contributed by atoms with Crippen molar-refractivity contribution in [3.05, 3.63) is 0 Å². The van der Waals surface area contributed by atoms with Gasteiger partial charge >= 0.3 is 12.1 Å². The van der Waals surface area contributed by atoms with Crippen LogP contribution < -0.4 is 11.1 Å². The van der Waals surface area contributed by atoms with E-state index in [1.54, 1.807) is 20.8 Å². The molecule has 0 radical (unpaired) electrons. The average molecular weight is 218 g/mol. The first-order valence-corrected chi connectivity index (χ1v) is 4.55. The Labute approximate surface area is 88.8 Å². The zero-order valence-electron chi connectivity index (χ0n) is 9.46. The summed E-state index contributed by atoms with van der Waals surface area (Å²) in [5, 5.41) is 11.0. The number of carbonyl (C=O) groups is 2. The fourth-order valence-electron chi connectivity index (χ4n) is 0.721. The van der Waals surface area contributed by atoms with Crippen LogP contribution in [0.15, 0.2) is 0 Å². The molecule has 0 aliphatic rings. The highest BCUT2D eigenvalue weighted by atomic mass is 16.6. The lowest BCUT2D eigenvalue weighted by molar-refractivity contribution is -0.143. The number of alkyl carbamates (subject to hydrolysis) is 1. The third-order valence-electron chi connectivity index (χ3n) is 1.66. The van der Waals surface area contributed by atoms with Gasteiger partial charge in [0.15, 0.2) is 0 Å². The second-order valence-electron chi connectivity index (χ2n) is 4.47. The molecule has 0 unspecified atom stereocenters. The molecule has 0 fully saturated rings. The van der Waals surface area contributed by atoms with Gasteiger partial charge < -0.3 is 20.9 Å². The van der Waals surface area contributed by atoms with E-state index < -0.39 is 23.2 Å². The summed E-state index contributed by atoms with van der Waals surface area (Å²) in [4.78, 5) is 22.1. The predicted molar refractivity (Wildman–Crippen MR) is 54.5 cm³/mol.